The van der Waals surface area contributed by atoms with Crippen molar-refractivity contribution < 1.29 is 19.1 Å². The fourth-order valence-corrected chi connectivity index (χ4v) is 3.36. The van der Waals surface area contributed by atoms with E-state index in [0.29, 0.717) is 40.6 Å². The molecule has 4 aromatic rings. The van der Waals surface area contributed by atoms with Gasteiger partial charge in [0.1, 0.15) is 18.0 Å². The average molecular weight is 473 g/mol. The molecule has 0 aliphatic carbocycles. The Hall–Kier alpha value is -4.66. The summed E-state index contributed by atoms with van der Waals surface area (Å²) < 4.78 is 12.3. The number of urea groups is 1. The number of anilines is 2. The van der Waals surface area contributed by atoms with E-state index in [9.17, 15) is 14.4 Å². The van der Waals surface area contributed by atoms with Crippen LogP contribution < -0.4 is 20.9 Å². The zero-order chi connectivity index (χ0) is 24.8. The first kappa shape index (κ1) is 23.5. The number of ether oxygens (including phenoxy) is 2. The van der Waals surface area contributed by atoms with E-state index in [4.69, 9.17) is 9.47 Å². The monoisotopic (exact) mass is 472 g/mol. The van der Waals surface area contributed by atoms with E-state index in [1.54, 1.807) is 61.7 Å². The molecular formula is C26H24N4O5. The third kappa shape index (κ3) is 5.83. The van der Waals surface area contributed by atoms with Gasteiger partial charge in [0.25, 0.3) is 5.56 Å². The molecule has 0 unspecified atom stereocenters. The summed E-state index contributed by atoms with van der Waals surface area (Å²) in [4.78, 5) is 40.9. The number of amides is 2. The average Bonchev–Trinajstić information content (AvgIpc) is 2.85. The number of rotatable bonds is 7. The van der Waals surface area contributed by atoms with Crippen LogP contribution in [0.2, 0.25) is 0 Å². The van der Waals surface area contributed by atoms with E-state index in [1.807, 2.05) is 19.1 Å². The third-order valence-electron chi connectivity index (χ3n) is 5.10. The molecule has 0 aliphatic rings. The topological polar surface area (TPSA) is 111 Å². The van der Waals surface area contributed by atoms with Gasteiger partial charge in [-0.25, -0.2) is 14.6 Å². The molecule has 2 heterocycles. The summed E-state index contributed by atoms with van der Waals surface area (Å²) in [6.07, 6.45) is 1.66. The highest BCUT2D eigenvalue weighted by atomic mass is 16.5. The molecule has 0 spiro atoms. The number of hydrogen-bond donors (Lipinski definition) is 2. The highest BCUT2D eigenvalue weighted by Crippen LogP contribution is 2.24. The van der Waals surface area contributed by atoms with E-state index in [2.05, 4.69) is 15.6 Å². The van der Waals surface area contributed by atoms with Crippen molar-refractivity contribution >= 4 is 29.0 Å². The Labute approximate surface area is 201 Å². The Morgan fingerprint density at radius 3 is 2.49 bits per heavy atom. The second-order valence-electron chi connectivity index (χ2n) is 7.66. The van der Waals surface area contributed by atoms with Crippen LogP contribution in [0.15, 0.2) is 77.7 Å². The Balaban J connectivity index is 1.39. The quantitative estimate of drug-likeness (QED) is 0.386. The smallest absolute Gasteiger partial charge is 0.338 e. The van der Waals surface area contributed by atoms with E-state index in [0.717, 1.165) is 5.56 Å². The summed E-state index contributed by atoms with van der Waals surface area (Å²) in [6, 6.07) is 18.0. The molecule has 0 saturated heterocycles. The molecule has 2 amide bonds. The van der Waals surface area contributed by atoms with Crippen LogP contribution in [0.3, 0.4) is 0 Å². The maximum atomic E-state index is 12.4. The molecule has 2 aromatic heterocycles. The van der Waals surface area contributed by atoms with Gasteiger partial charge in [0.05, 0.1) is 17.9 Å². The minimum atomic E-state index is -0.451. The van der Waals surface area contributed by atoms with Gasteiger partial charge >= 0.3 is 12.0 Å². The van der Waals surface area contributed by atoms with Crippen LogP contribution >= 0.6 is 0 Å². The lowest BCUT2D eigenvalue weighted by molar-refractivity contribution is 0.0526. The van der Waals surface area contributed by atoms with Gasteiger partial charge in [-0.1, -0.05) is 12.1 Å². The summed E-state index contributed by atoms with van der Waals surface area (Å²) in [6.45, 7) is 4.01. The first-order valence-electron chi connectivity index (χ1n) is 11.0. The Morgan fingerprint density at radius 2 is 1.71 bits per heavy atom. The maximum absolute atomic E-state index is 12.4. The Kier molecular flexibility index (Phi) is 7.06. The standard InChI is InChI=1S/C26H24N4O5/c1-3-34-25(32)18-8-11-19(12-9-18)28-26(33)29-20-10-7-17(2)22(14-20)35-16-21-15-24(31)30-13-5-4-6-23(30)27-21/h4-15H,3,16H2,1-2H3,(H2,28,29,33). The summed E-state index contributed by atoms with van der Waals surface area (Å²) in [5, 5.41) is 5.47. The Bertz CT molecular complexity index is 1430. The van der Waals surface area contributed by atoms with Crippen molar-refractivity contribution in [2.45, 2.75) is 20.5 Å². The zero-order valence-corrected chi connectivity index (χ0v) is 19.3. The molecule has 9 heteroatoms. The number of carbonyl (C=O) groups excluding carboxylic acids is 2. The van der Waals surface area contributed by atoms with E-state index < -0.39 is 12.0 Å². The molecule has 4 rings (SSSR count). The predicted molar refractivity (Wildman–Crippen MR) is 132 cm³/mol. The summed E-state index contributed by atoms with van der Waals surface area (Å²) in [7, 11) is 0. The van der Waals surface area contributed by atoms with Crippen LogP contribution in [-0.4, -0.2) is 28.0 Å². The van der Waals surface area contributed by atoms with E-state index >= 15 is 0 Å². The number of nitrogens with one attached hydrogen (secondary N) is 2. The molecule has 0 atom stereocenters. The normalized spacial score (nSPS) is 10.6. The lowest BCUT2D eigenvalue weighted by atomic mass is 10.2. The number of nitrogens with zero attached hydrogens (tertiary/aromatic N) is 2. The van der Waals surface area contributed by atoms with Gasteiger partial charge in [0.2, 0.25) is 0 Å². The van der Waals surface area contributed by atoms with E-state index in [1.165, 1.54) is 10.5 Å². The fourth-order valence-electron chi connectivity index (χ4n) is 3.36. The minimum absolute atomic E-state index is 0.101. The molecule has 9 nitrogen and oxygen atoms in total. The first-order valence-corrected chi connectivity index (χ1v) is 11.0. The molecule has 0 aliphatic heterocycles. The van der Waals surface area contributed by atoms with Gasteiger partial charge in [-0.15, -0.1) is 0 Å². The molecule has 2 aromatic carbocycles. The van der Waals surface area contributed by atoms with Crippen LogP contribution in [0, 0.1) is 6.92 Å². The third-order valence-corrected chi connectivity index (χ3v) is 5.10. The van der Waals surface area contributed by atoms with Gasteiger partial charge in [-0.3, -0.25) is 9.20 Å². The fraction of sp³-hybridized carbons (Fsp3) is 0.154. The zero-order valence-electron chi connectivity index (χ0n) is 19.3. The number of hydrogen-bond acceptors (Lipinski definition) is 6. The number of fused-ring (bicyclic) bond motifs is 1. The molecule has 178 valence electrons. The number of esters is 1. The molecule has 35 heavy (non-hydrogen) atoms. The molecule has 2 N–H and O–H groups in total. The van der Waals surface area contributed by atoms with Gasteiger partial charge in [-0.05, 0) is 61.9 Å². The van der Waals surface area contributed by atoms with Crippen molar-refractivity contribution in [2.24, 2.45) is 0 Å². The Morgan fingerprint density at radius 1 is 0.971 bits per heavy atom. The van der Waals surface area contributed by atoms with Gasteiger partial charge in [0.15, 0.2) is 0 Å². The van der Waals surface area contributed by atoms with Crippen LogP contribution in [0.4, 0.5) is 16.2 Å². The largest absolute Gasteiger partial charge is 0.487 e. The van der Waals surface area contributed by atoms with Gasteiger partial charge in [0, 0.05) is 29.7 Å². The lowest BCUT2D eigenvalue weighted by Gasteiger charge is -2.13. The van der Waals surface area contributed by atoms with Crippen LogP contribution in [-0.2, 0) is 11.3 Å². The van der Waals surface area contributed by atoms with Crippen molar-refractivity contribution in [3.8, 4) is 5.75 Å². The molecule has 0 saturated carbocycles. The number of aryl methyl sites for hydroxylation is 1. The molecular weight excluding hydrogens is 448 g/mol. The van der Waals surface area contributed by atoms with Crippen LogP contribution in [0.5, 0.6) is 5.75 Å². The van der Waals surface area contributed by atoms with Gasteiger partial charge in [-0.2, -0.15) is 0 Å². The maximum Gasteiger partial charge on any atom is 0.338 e. The number of pyridine rings is 1. The highest BCUT2D eigenvalue weighted by molar-refractivity contribution is 6.00. The van der Waals surface area contributed by atoms with Crippen LogP contribution in [0.25, 0.3) is 5.65 Å². The van der Waals surface area contributed by atoms with Crippen molar-refractivity contribution in [3.05, 3.63) is 100 Å². The van der Waals surface area contributed by atoms with Crippen molar-refractivity contribution in [1.82, 2.24) is 9.38 Å². The summed E-state index contributed by atoms with van der Waals surface area (Å²) in [5.41, 5.74) is 3.17. The van der Waals surface area contributed by atoms with Crippen LogP contribution in [0.1, 0.15) is 28.5 Å². The minimum Gasteiger partial charge on any atom is -0.487 e. The van der Waals surface area contributed by atoms with Crippen molar-refractivity contribution in [2.75, 3.05) is 17.2 Å². The second kappa shape index (κ2) is 10.5. The first-order chi connectivity index (χ1) is 16.9. The molecule has 0 bridgehead atoms. The number of benzene rings is 2. The van der Waals surface area contributed by atoms with Gasteiger partial charge < -0.3 is 20.1 Å². The summed E-state index contributed by atoms with van der Waals surface area (Å²) in [5.74, 6) is 0.136. The predicted octanol–water partition coefficient (Wildman–Crippen LogP) is 4.40. The van der Waals surface area contributed by atoms with Crippen molar-refractivity contribution in [3.63, 3.8) is 0 Å². The molecule has 0 fully saturated rings. The highest BCUT2D eigenvalue weighted by Gasteiger charge is 2.10. The number of aromatic nitrogens is 2. The lowest BCUT2D eigenvalue weighted by Crippen LogP contribution is -2.19. The summed E-state index contributed by atoms with van der Waals surface area (Å²) >= 11 is 0. The second-order valence-corrected chi connectivity index (χ2v) is 7.66. The SMILES string of the molecule is CCOC(=O)c1ccc(NC(=O)Nc2ccc(C)c(OCc3cc(=O)n4ccccc4n3)c2)cc1. The molecule has 0 radical (unpaired) electrons. The van der Waals surface area contributed by atoms with E-state index in [-0.39, 0.29) is 12.2 Å². The number of carbonyl (C=O) groups is 2. The van der Waals surface area contributed by atoms with Crippen molar-refractivity contribution in [1.29, 1.82) is 0 Å².